The number of thiazole rings is 1. The van der Waals surface area contributed by atoms with Gasteiger partial charge in [0, 0.05) is 16.1 Å². The summed E-state index contributed by atoms with van der Waals surface area (Å²) in [6.07, 6.45) is 5.43. The predicted octanol–water partition coefficient (Wildman–Crippen LogP) is 4.35. The lowest BCUT2D eigenvalue weighted by molar-refractivity contribution is 0.414. The van der Waals surface area contributed by atoms with Crippen molar-refractivity contribution in [3.8, 4) is 17.1 Å². The lowest BCUT2D eigenvalue weighted by Crippen LogP contribution is -2.23. The van der Waals surface area contributed by atoms with E-state index in [9.17, 15) is 4.79 Å². The molecule has 0 spiro atoms. The Labute approximate surface area is 174 Å². The van der Waals surface area contributed by atoms with E-state index in [0.717, 1.165) is 11.3 Å². The van der Waals surface area contributed by atoms with Gasteiger partial charge in [0.15, 0.2) is 5.82 Å². The highest BCUT2D eigenvalue weighted by atomic mass is 35.5. The zero-order valence-electron chi connectivity index (χ0n) is 14.6. The van der Waals surface area contributed by atoms with E-state index in [1.54, 1.807) is 31.4 Å². The Morgan fingerprint density at radius 2 is 2.00 bits per heavy atom. The van der Waals surface area contributed by atoms with E-state index in [4.69, 9.17) is 27.9 Å². The summed E-state index contributed by atoms with van der Waals surface area (Å²) in [5.41, 5.74) is 1.32. The van der Waals surface area contributed by atoms with Crippen molar-refractivity contribution in [3.63, 3.8) is 0 Å². The van der Waals surface area contributed by atoms with Gasteiger partial charge in [0.05, 0.1) is 16.7 Å². The van der Waals surface area contributed by atoms with Gasteiger partial charge in [-0.25, -0.2) is 0 Å². The van der Waals surface area contributed by atoms with Gasteiger partial charge in [-0.1, -0.05) is 64.9 Å². The number of para-hydroxylation sites is 1. The molecule has 0 saturated heterocycles. The van der Waals surface area contributed by atoms with Crippen molar-refractivity contribution in [1.82, 2.24) is 14.6 Å². The Balaban J connectivity index is 1.69. The Kier molecular flexibility index (Phi) is 5.17. The maximum absolute atomic E-state index is 12.6. The number of benzene rings is 2. The van der Waals surface area contributed by atoms with Crippen LogP contribution in [0.4, 0.5) is 0 Å². The molecule has 0 unspecified atom stereocenters. The Morgan fingerprint density at radius 3 is 2.75 bits per heavy atom. The average Bonchev–Trinajstić information content (AvgIpc) is 3.22. The first kappa shape index (κ1) is 18.7. The van der Waals surface area contributed by atoms with Crippen LogP contribution < -0.4 is 14.8 Å². The van der Waals surface area contributed by atoms with Crippen molar-refractivity contribution < 1.29 is 4.74 Å². The number of aromatic nitrogens is 3. The summed E-state index contributed by atoms with van der Waals surface area (Å²) in [5.74, 6) is 1.16. The van der Waals surface area contributed by atoms with Crippen molar-refractivity contribution in [2.75, 3.05) is 7.11 Å². The lowest BCUT2D eigenvalue weighted by Gasteiger charge is -2.02. The molecule has 2 aromatic heterocycles. The quantitative estimate of drug-likeness (QED) is 0.483. The van der Waals surface area contributed by atoms with Crippen LogP contribution in [0.25, 0.3) is 28.5 Å². The number of nitrogens with zero attached hydrogens (tertiary/aromatic N) is 3. The molecule has 4 aromatic rings. The highest BCUT2D eigenvalue weighted by molar-refractivity contribution is 7.15. The second kappa shape index (κ2) is 7.75. The third kappa shape index (κ3) is 3.54. The molecular weight excluding hydrogens is 417 g/mol. The Bertz CT molecular complexity index is 1310. The fourth-order valence-corrected chi connectivity index (χ4v) is 4.03. The van der Waals surface area contributed by atoms with Gasteiger partial charge in [-0.3, -0.25) is 4.79 Å². The Hall–Kier alpha value is -2.67. The number of ether oxygens (including phenoxy) is 1. The molecule has 0 bridgehead atoms. The molecule has 0 aliphatic rings. The largest absolute Gasteiger partial charge is 0.496 e. The normalized spacial score (nSPS) is 12.3. The summed E-state index contributed by atoms with van der Waals surface area (Å²) >= 11 is 13.4. The number of allylic oxidation sites excluding steroid dienone is 1. The zero-order chi connectivity index (χ0) is 19.7. The lowest BCUT2D eigenvalue weighted by atomic mass is 10.2. The number of rotatable bonds is 4. The smallest absolute Gasteiger partial charge is 0.291 e. The molecule has 0 radical (unpaired) electrons. The first-order chi connectivity index (χ1) is 13.6. The minimum absolute atomic E-state index is 0.228. The van der Waals surface area contributed by atoms with Crippen molar-refractivity contribution in [1.29, 1.82) is 0 Å². The van der Waals surface area contributed by atoms with Gasteiger partial charge >= 0.3 is 0 Å². The standard InChI is InChI=1S/C20H13Cl2N3O2S/c1-27-16-7-3-2-5-12(16)6-4-8-17-19(26)25-20(28-17)23-18(24-25)14-10-9-13(21)11-15(14)22/h2-11H,1H3/b6-4+,17-8-. The van der Waals surface area contributed by atoms with Crippen LogP contribution in [0, 0.1) is 0 Å². The summed E-state index contributed by atoms with van der Waals surface area (Å²) in [4.78, 5) is 17.5. The minimum Gasteiger partial charge on any atom is -0.496 e. The molecule has 28 heavy (non-hydrogen) atoms. The van der Waals surface area contributed by atoms with Crippen LogP contribution in [0.3, 0.4) is 0 Å². The van der Waals surface area contributed by atoms with Crippen LogP contribution in [-0.4, -0.2) is 21.7 Å². The summed E-state index contributed by atoms with van der Waals surface area (Å²) in [6, 6.07) is 12.7. The molecule has 0 saturated carbocycles. The van der Waals surface area contributed by atoms with Crippen LogP contribution in [0.2, 0.25) is 10.0 Å². The molecule has 0 fully saturated rings. The van der Waals surface area contributed by atoms with E-state index in [-0.39, 0.29) is 5.56 Å². The molecule has 8 heteroatoms. The number of methoxy groups -OCH3 is 1. The van der Waals surface area contributed by atoms with Gasteiger partial charge in [0.1, 0.15) is 5.75 Å². The van der Waals surface area contributed by atoms with E-state index in [1.807, 2.05) is 36.4 Å². The molecule has 5 nitrogen and oxygen atoms in total. The van der Waals surface area contributed by atoms with E-state index in [1.165, 1.54) is 15.9 Å². The first-order valence-electron chi connectivity index (χ1n) is 8.23. The van der Waals surface area contributed by atoms with Crippen LogP contribution >= 0.6 is 34.5 Å². The van der Waals surface area contributed by atoms with Gasteiger partial charge in [-0.05, 0) is 30.3 Å². The van der Waals surface area contributed by atoms with Crippen molar-refractivity contribution in [2.45, 2.75) is 0 Å². The minimum atomic E-state index is -0.228. The SMILES string of the molecule is COc1ccccc1/C=C/C=c1\sc2nc(-c3ccc(Cl)cc3Cl)nn2c1=O. The van der Waals surface area contributed by atoms with Gasteiger partial charge in [-0.2, -0.15) is 9.50 Å². The summed E-state index contributed by atoms with van der Waals surface area (Å²) in [7, 11) is 1.62. The van der Waals surface area contributed by atoms with Gasteiger partial charge < -0.3 is 4.74 Å². The van der Waals surface area contributed by atoms with E-state index in [2.05, 4.69) is 10.1 Å². The summed E-state index contributed by atoms with van der Waals surface area (Å²) in [5, 5.41) is 5.26. The van der Waals surface area contributed by atoms with Crippen molar-refractivity contribution >= 4 is 51.7 Å². The van der Waals surface area contributed by atoms with Crippen LogP contribution in [-0.2, 0) is 0 Å². The van der Waals surface area contributed by atoms with Gasteiger partial charge in [-0.15, -0.1) is 5.10 Å². The fraction of sp³-hybridized carbons (Fsp3) is 0.0500. The second-order valence-corrected chi connectivity index (χ2v) is 7.65. The number of hydrogen-bond donors (Lipinski definition) is 0. The number of halogens is 2. The van der Waals surface area contributed by atoms with Gasteiger partial charge in [0.25, 0.3) is 5.56 Å². The van der Waals surface area contributed by atoms with E-state index >= 15 is 0 Å². The summed E-state index contributed by atoms with van der Waals surface area (Å²) in [6.45, 7) is 0. The third-order valence-electron chi connectivity index (χ3n) is 4.02. The number of hydrogen-bond acceptors (Lipinski definition) is 5. The predicted molar refractivity (Wildman–Crippen MR) is 114 cm³/mol. The molecule has 2 heterocycles. The van der Waals surface area contributed by atoms with E-state index in [0.29, 0.717) is 30.9 Å². The molecule has 140 valence electrons. The monoisotopic (exact) mass is 429 g/mol. The molecular formula is C20H13Cl2N3O2S. The van der Waals surface area contributed by atoms with Crippen LogP contribution in [0.1, 0.15) is 5.56 Å². The van der Waals surface area contributed by atoms with Crippen LogP contribution in [0.15, 0.2) is 53.3 Å². The Morgan fingerprint density at radius 1 is 1.18 bits per heavy atom. The molecule has 0 N–H and O–H groups in total. The fourth-order valence-electron chi connectivity index (χ4n) is 2.68. The van der Waals surface area contributed by atoms with Crippen molar-refractivity contribution in [3.05, 3.63) is 79.0 Å². The topological polar surface area (TPSA) is 56.5 Å². The molecule has 0 aliphatic heterocycles. The molecule has 0 aliphatic carbocycles. The maximum Gasteiger partial charge on any atom is 0.291 e. The summed E-state index contributed by atoms with van der Waals surface area (Å²) < 4.78 is 7.13. The highest BCUT2D eigenvalue weighted by Crippen LogP contribution is 2.28. The third-order valence-corrected chi connectivity index (χ3v) is 5.54. The molecule has 0 amide bonds. The molecule has 0 atom stereocenters. The first-order valence-corrected chi connectivity index (χ1v) is 9.80. The maximum atomic E-state index is 12.6. The van der Waals surface area contributed by atoms with Crippen molar-refractivity contribution in [2.24, 2.45) is 0 Å². The number of fused-ring (bicyclic) bond motifs is 1. The zero-order valence-corrected chi connectivity index (χ0v) is 16.9. The average molecular weight is 430 g/mol. The molecule has 2 aromatic carbocycles. The highest BCUT2D eigenvalue weighted by Gasteiger charge is 2.14. The van der Waals surface area contributed by atoms with E-state index < -0.39 is 0 Å². The molecule has 4 rings (SSSR count). The van der Waals surface area contributed by atoms with Crippen LogP contribution in [0.5, 0.6) is 5.75 Å². The second-order valence-electron chi connectivity index (χ2n) is 5.79. The van der Waals surface area contributed by atoms with Gasteiger partial charge in [0.2, 0.25) is 4.96 Å².